The van der Waals surface area contributed by atoms with E-state index in [2.05, 4.69) is 5.32 Å². The maximum atomic E-state index is 14.6. The molecule has 0 saturated heterocycles. The second-order valence-corrected chi connectivity index (χ2v) is 13.9. The number of benzene rings is 4. The van der Waals surface area contributed by atoms with E-state index in [9.17, 15) is 22.4 Å². The number of sulfonamides is 1. The lowest BCUT2D eigenvalue weighted by atomic mass is 10.0. The van der Waals surface area contributed by atoms with Gasteiger partial charge in [-0.1, -0.05) is 66.5 Å². The number of halogens is 3. The highest BCUT2D eigenvalue weighted by molar-refractivity contribution is 7.92. The number of nitrogens with one attached hydrogen (secondary N) is 1. The smallest absolute Gasteiger partial charge is 0.264 e. The molecule has 4 aromatic rings. The van der Waals surface area contributed by atoms with Gasteiger partial charge >= 0.3 is 0 Å². The van der Waals surface area contributed by atoms with Crippen molar-refractivity contribution in [2.45, 2.75) is 57.1 Å². The number of hydrogen-bond acceptors (Lipinski definition) is 5. The third-order valence-corrected chi connectivity index (χ3v) is 10.3. The van der Waals surface area contributed by atoms with Crippen LogP contribution in [0.1, 0.15) is 38.3 Å². The molecule has 0 fully saturated rings. The SMILES string of the molecule is CCOc1ccc(N(CC(=O)N(Cc2ccc(Cl)c(Cl)c2)C(Cc2ccccc2)C(=O)NC(C)CC)S(=O)(=O)c2ccc(F)cc2)cc1. The van der Waals surface area contributed by atoms with Crippen molar-refractivity contribution in [3.05, 3.63) is 124 Å². The Bertz CT molecular complexity index is 1790. The van der Waals surface area contributed by atoms with Gasteiger partial charge < -0.3 is 15.0 Å². The molecule has 1 N–H and O–H groups in total. The van der Waals surface area contributed by atoms with Gasteiger partial charge in [-0.3, -0.25) is 13.9 Å². The largest absolute Gasteiger partial charge is 0.494 e. The van der Waals surface area contributed by atoms with Crippen LogP contribution in [0.3, 0.4) is 0 Å². The lowest BCUT2D eigenvalue weighted by molar-refractivity contribution is -0.140. The number of carbonyl (C=O) groups is 2. The maximum Gasteiger partial charge on any atom is 0.264 e. The van der Waals surface area contributed by atoms with Crippen molar-refractivity contribution in [3.8, 4) is 5.75 Å². The van der Waals surface area contributed by atoms with Gasteiger partial charge in [-0.15, -0.1) is 0 Å². The lowest BCUT2D eigenvalue weighted by Crippen LogP contribution is -2.54. The van der Waals surface area contributed by atoms with Crippen molar-refractivity contribution < 1.29 is 27.1 Å². The van der Waals surface area contributed by atoms with E-state index in [4.69, 9.17) is 27.9 Å². The molecule has 0 bridgehead atoms. The van der Waals surface area contributed by atoms with Gasteiger partial charge in [0.25, 0.3) is 10.0 Å². The van der Waals surface area contributed by atoms with Crippen molar-refractivity contribution in [3.63, 3.8) is 0 Å². The Morgan fingerprint density at radius 3 is 2.15 bits per heavy atom. The number of nitrogens with zero attached hydrogens (tertiary/aromatic N) is 2. The van der Waals surface area contributed by atoms with Crippen molar-refractivity contribution >= 4 is 50.7 Å². The molecule has 0 spiro atoms. The fraction of sp³-hybridized carbons (Fsp3) is 0.278. The molecule has 0 aliphatic rings. The van der Waals surface area contributed by atoms with E-state index in [1.165, 1.54) is 17.0 Å². The molecule has 0 radical (unpaired) electrons. The molecule has 0 aliphatic carbocycles. The topological polar surface area (TPSA) is 96.0 Å². The highest BCUT2D eigenvalue weighted by Gasteiger charge is 2.35. The zero-order valence-electron chi connectivity index (χ0n) is 26.9. The number of amides is 2. The Balaban J connectivity index is 1.82. The average Bonchev–Trinajstić information content (AvgIpc) is 3.07. The summed E-state index contributed by atoms with van der Waals surface area (Å²) < 4.78 is 48.5. The Morgan fingerprint density at radius 2 is 1.54 bits per heavy atom. The van der Waals surface area contributed by atoms with Crippen molar-refractivity contribution in [1.82, 2.24) is 10.2 Å². The van der Waals surface area contributed by atoms with Gasteiger partial charge in [0.2, 0.25) is 11.8 Å². The molecular weight excluding hydrogens is 676 g/mol. The van der Waals surface area contributed by atoms with Gasteiger partial charge in [0.1, 0.15) is 24.2 Å². The number of carbonyl (C=O) groups excluding carboxylic acids is 2. The summed E-state index contributed by atoms with van der Waals surface area (Å²) in [6.45, 7) is 5.28. The van der Waals surface area contributed by atoms with Crippen LogP contribution in [0.2, 0.25) is 10.0 Å². The van der Waals surface area contributed by atoms with Gasteiger partial charge in [0.05, 0.1) is 27.2 Å². The molecule has 0 aromatic heterocycles. The number of rotatable bonds is 15. The molecule has 4 aromatic carbocycles. The van der Waals surface area contributed by atoms with Gasteiger partial charge in [-0.05, 0) is 92.1 Å². The Morgan fingerprint density at radius 1 is 0.875 bits per heavy atom. The fourth-order valence-electron chi connectivity index (χ4n) is 4.97. The zero-order chi connectivity index (χ0) is 34.8. The molecule has 0 aliphatic heterocycles. The predicted molar refractivity (Wildman–Crippen MR) is 187 cm³/mol. The average molecular weight is 715 g/mol. The molecule has 48 heavy (non-hydrogen) atoms. The zero-order valence-corrected chi connectivity index (χ0v) is 29.2. The number of hydrogen-bond donors (Lipinski definition) is 1. The highest BCUT2D eigenvalue weighted by Crippen LogP contribution is 2.28. The minimum Gasteiger partial charge on any atom is -0.494 e. The van der Waals surface area contributed by atoms with Gasteiger partial charge in [-0.2, -0.15) is 0 Å². The molecule has 4 rings (SSSR count). The molecule has 2 amide bonds. The normalized spacial score (nSPS) is 12.5. The third kappa shape index (κ3) is 9.49. The fourth-order valence-corrected chi connectivity index (χ4v) is 6.70. The molecular formula is C36H38Cl2FN3O5S. The van der Waals surface area contributed by atoms with Gasteiger partial charge in [0, 0.05) is 19.0 Å². The molecule has 254 valence electrons. The van der Waals surface area contributed by atoms with Crippen LogP contribution in [0.4, 0.5) is 10.1 Å². The Kier molecular flexibility index (Phi) is 12.9. The molecule has 12 heteroatoms. The van der Waals surface area contributed by atoms with Crippen molar-refractivity contribution in [2.75, 3.05) is 17.5 Å². The minimum atomic E-state index is -4.40. The second kappa shape index (κ2) is 16.8. The van der Waals surface area contributed by atoms with Crippen LogP contribution in [-0.4, -0.2) is 50.4 Å². The highest BCUT2D eigenvalue weighted by atomic mass is 35.5. The van der Waals surface area contributed by atoms with Crippen LogP contribution in [0, 0.1) is 5.82 Å². The first-order valence-electron chi connectivity index (χ1n) is 15.5. The Labute approximate surface area is 291 Å². The van der Waals surface area contributed by atoms with Crippen molar-refractivity contribution in [2.24, 2.45) is 0 Å². The second-order valence-electron chi connectivity index (χ2n) is 11.2. The molecule has 2 unspecified atom stereocenters. The Hall–Kier alpha value is -4.12. The van der Waals surface area contributed by atoms with Crippen LogP contribution in [-0.2, 0) is 32.6 Å². The summed E-state index contributed by atoms with van der Waals surface area (Å²) in [4.78, 5) is 29.7. The summed E-state index contributed by atoms with van der Waals surface area (Å²) >= 11 is 12.5. The van der Waals surface area contributed by atoms with Gasteiger partial charge in [0.15, 0.2) is 0 Å². The van der Waals surface area contributed by atoms with E-state index in [1.54, 1.807) is 30.3 Å². The van der Waals surface area contributed by atoms with Crippen LogP contribution < -0.4 is 14.4 Å². The summed E-state index contributed by atoms with van der Waals surface area (Å²) in [6.07, 6.45) is 0.815. The summed E-state index contributed by atoms with van der Waals surface area (Å²) in [5.41, 5.74) is 1.56. The van der Waals surface area contributed by atoms with Crippen LogP contribution in [0.25, 0.3) is 0 Å². The van der Waals surface area contributed by atoms with E-state index in [-0.39, 0.29) is 34.6 Å². The van der Waals surface area contributed by atoms with Crippen molar-refractivity contribution in [1.29, 1.82) is 0 Å². The van der Waals surface area contributed by atoms with E-state index >= 15 is 0 Å². The summed E-state index contributed by atoms with van der Waals surface area (Å²) in [5, 5.41) is 3.58. The quantitative estimate of drug-likeness (QED) is 0.140. The van der Waals surface area contributed by atoms with Gasteiger partial charge in [-0.25, -0.2) is 12.8 Å². The molecule has 8 nitrogen and oxygen atoms in total. The van der Waals surface area contributed by atoms with Crippen LogP contribution >= 0.6 is 23.2 Å². The monoisotopic (exact) mass is 713 g/mol. The first-order valence-corrected chi connectivity index (χ1v) is 17.7. The number of anilines is 1. The summed E-state index contributed by atoms with van der Waals surface area (Å²) in [7, 11) is -4.40. The lowest BCUT2D eigenvalue weighted by Gasteiger charge is -2.34. The molecule has 0 saturated carbocycles. The van der Waals surface area contributed by atoms with E-state index in [0.717, 1.165) is 34.1 Å². The molecule has 2 atom stereocenters. The predicted octanol–water partition coefficient (Wildman–Crippen LogP) is 7.28. The van der Waals surface area contributed by atoms with E-state index in [0.29, 0.717) is 29.4 Å². The first kappa shape index (κ1) is 36.7. The van der Waals surface area contributed by atoms with Crippen LogP contribution in [0.5, 0.6) is 5.75 Å². The third-order valence-electron chi connectivity index (χ3n) is 7.73. The first-order chi connectivity index (χ1) is 22.9. The maximum absolute atomic E-state index is 14.6. The van der Waals surface area contributed by atoms with Crippen LogP contribution in [0.15, 0.2) is 102 Å². The standard InChI is InChI=1S/C36H38Cl2FN3O5S/c1-4-25(3)40-36(44)34(22-26-9-7-6-8-10-26)41(23-27-11-20-32(37)33(38)21-27)35(43)24-42(29-14-16-30(17-15-29)47-5-2)48(45,46)31-18-12-28(39)13-19-31/h6-21,25,34H,4-5,22-24H2,1-3H3,(H,40,44). The number of ether oxygens (including phenoxy) is 1. The summed E-state index contributed by atoms with van der Waals surface area (Å²) in [5.74, 6) is -1.14. The minimum absolute atomic E-state index is 0.0745. The van der Waals surface area contributed by atoms with E-state index < -0.39 is 40.2 Å². The molecule has 0 heterocycles. The van der Waals surface area contributed by atoms with E-state index in [1.807, 2.05) is 51.1 Å². The summed E-state index contributed by atoms with van der Waals surface area (Å²) in [6, 6.07) is 23.5.